The van der Waals surface area contributed by atoms with Gasteiger partial charge in [-0.2, -0.15) is 0 Å². The lowest BCUT2D eigenvalue weighted by Crippen LogP contribution is -2.35. The third kappa shape index (κ3) is 4.34. The Morgan fingerprint density at radius 1 is 1.20 bits per heavy atom. The van der Waals surface area contributed by atoms with Crippen LogP contribution in [-0.4, -0.2) is 30.6 Å². The minimum atomic E-state index is -0.0775. The molecule has 1 aliphatic heterocycles. The topological polar surface area (TPSA) is 29.5 Å². The van der Waals surface area contributed by atoms with Crippen LogP contribution in [0, 0.1) is 0 Å². The number of rotatable bonds is 6. The second-order valence-corrected chi connectivity index (χ2v) is 5.45. The fourth-order valence-corrected chi connectivity index (χ4v) is 2.80. The van der Waals surface area contributed by atoms with Crippen molar-refractivity contribution < 1.29 is 9.53 Å². The van der Waals surface area contributed by atoms with E-state index in [1.165, 1.54) is 24.8 Å². The highest BCUT2D eigenvalue weighted by atomic mass is 16.5. The fraction of sp³-hybridized carbons (Fsp3) is 0.588. The summed E-state index contributed by atoms with van der Waals surface area (Å²) >= 11 is 0. The molecule has 1 saturated heterocycles. The lowest BCUT2D eigenvalue weighted by molar-refractivity contribution is -0.145. The molecule has 1 aromatic carbocycles. The third-order valence-electron chi connectivity index (χ3n) is 3.84. The van der Waals surface area contributed by atoms with Gasteiger partial charge in [-0.05, 0) is 37.9 Å². The Hall–Kier alpha value is -1.35. The van der Waals surface area contributed by atoms with Crippen molar-refractivity contribution in [3.05, 3.63) is 35.9 Å². The molecule has 3 nitrogen and oxygen atoms in total. The first-order valence-corrected chi connectivity index (χ1v) is 7.76. The van der Waals surface area contributed by atoms with Crippen molar-refractivity contribution in [1.82, 2.24) is 4.90 Å². The molecule has 0 N–H and O–H groups in total. The monoisotopic (exact) mass is 275 g/mol. The Bertz CT molecular complexity index is 399. The van der Waals surface area contributed by atoms with Crippen LogP contribution >= 0.6 is 0 Å². The van der Waals surface area contributed by atoms with Crippen LogP contribution in [0.4, 0.5) is 0 Å². The number of ether oxygens (including phenoxy) is 1. The van der Waals surface area contributed by atoms with Crippen LogP contribution in [-0.2, 0) is 9.53 Å². The van der Waals surface area contributed by atoms with Crippen molar-refractivity contribution in [2.75, 3.05) is 19.7 Å². The average molecular weight is 275 g/mol. The molecule has 1 aromatic rings. The lowest BCUT2D eigenvalue weighted by atomic mass is 9.99. The predicted octanol–water partition coefficient (Wildman–Crippen LogP) is 3.56. The lowest BCUT2D eigenvalue weighted by Gasteiger charge is -2.34. The largest absolute Gasteiger partial charge is 0.466 e. The van der Waals surface area contributed by atoms with Gasteiger partial charge in [0.25, 0.3) is 0 Å². The maximum absolute atomic E-state index is 12.0. The van der Waals surface area contributed by atoms with E-state index in [4.69, 9.17) is 4.74 Å². The summed E-state index contributed by atoms with van der Waals surface area (Å²) in [4.78, 5) is 14.4. The number of likely N-dealkylation sites (tertiary alicyclic amines) is 1. The van der Waals surface area contributed by atoms with Crippen molar-refractivity contribution in [1.29, 1.82) is 0 Å². The van der Waals surface area contributed by atoms with Gasteiger partial charge in [-0.1, -0.05) is 43.7 Å². The Morgan fingerprint density at radius 2 is 1.90 bits per heavy atom. The molecule has 20 heavy (non-hydrogen) atoms. The summed E-state index contributed by atoms with van der Waals surface area (Å²) in [5.74, 6) is -0.0775. The maximum Gasteiger partial charge on any atom is 0.307 e. The molecular weight excluding hydrogens is 250 g/mol. The first kappa shape index (κ1) is 15.0. The van der Waals surface area contributed by atoms with E-state index >= 15 is 0 Å². The average Bonchev–Trinajstić information content (AvgIpc) is 2.52. The zero-order chi connectivity index (χ0) is 14.2. The maximum atomic E-state index is 12.0. The Morgan fingerprint density at radius 3 is 2.55 bits per heavy atom. The van der Waals surface area contributed by atoms with E-state index < -0.39 is 0 Å². The summed E-state index contributed by atoms with van der Waals surface area (Å²) in [5.41, 5.74) is 1.22. The molecule has 0 unspecified atom stereocenters. The van der Waals surface area contributed by atoms with E-state index in [2.05, 4.69) is 17.0 Å². The minimum absolute atomic E-state index is 0.0775. The number of carbonyl (C=O) groups is 1. The summed E-state index contributed by atoms with van der Waals surface area (Å²) in [5, 5.41) is 0. The first-order chi connectivity index (χ1) is 9.81. The predicted molar refractivity (Wildman–Crippen MR) is 80.5 cm³/mol. The number of benzene rings is 1. The number of nitrogens with zero attached hydrogens (tertiary/aromatic N) is 1. The van der Waals surface area contributed by atoms with Gasteiger partial charge in [0.05, 0.1) is 13.0 Å². The van der Waals surface area contributed by atoms with Crippen LogP contribution < -0.4 is 0 Å². The van der Waals surface area contributed by atoms with Gasteiger partial charge in [0.2, 0.25) is 0 Å². The molecule has 1 heterocycles. The summed E-state index contributed by atoms with van der Waals surface area (Å²) in [6.07, 6.45) is 5.11. The molecule has 1 aliphatic rings. The standard InChI is InChI=1S/C17H25NO2/c1-2-13-20-17(19)14-16(15-9-5-3-6-10-15)18-11-7-4-8-12-18/h3,5-6,9-10,16H,2,4,7-8,11-14H2,1H3/t16-/m0/s1. The smallest absolute Gasteiger partial charge is 0.307 e. The van der Waals surface area contributed by atoms with Gasteiger partial charge in [0.1, 0.15) is 0 Å². The Kier molecular flexibility index (Phi) is 6.06. The highest BCUT2D eigenvalue weighted by molar-refractivity contribution is 5.70. The van der Waals surface area contributed by atoms with Gasteiger partial charge in [-0.25, -0.2) is 0 Å². The highest BCUT2D eigenvalue weighted by Gasteiger charge is 2.25. The second kappa shape index (κ2) is 8.05. The molecule has 0 bridgehead atoms. The fourth-order valence-electron chi connectivity index (χ4n) is 2.80. The Labute approximate surface area is 121 Å². The molecule has 1 fully saturated rings. The molecule has 0 radical (unpaired) electrons. The normalized spacial score (nSPS) is 17.6. The van der Waals surface area contributed by atoms with Gasteiger partial charge in [-0.15, -0.1) is 0 Å². The molecule has 0 saturated carbocycles. The van der Waals surface area contributed by atoms with Gasteiger partial charge in [0, 0.05) is 6.04 Å². The van der Waals surface area contributed by atoms with E-state index in [0.29, 0.717) is 13.0 Å². The van der Waals surface area contributed by atoms with Crippen molar-refractivity contribution in [2.24, 2.45) is 0 Å². The van der Waals surface area contributed by atoms with E-state index in [-0.39, 0.29) is 12.0 Å². The van der Waals surface area contributed by atoms with E-state index in [1.54, 1.807) is 0 Å². The van der Waals surface area contributed by atoms with Gasteiger partial charge < -0.3 is 4.74 Å². The number of hydrogen-bond acceptors (Lipinski definition) is 3. The van der Waals surface area contributed by atoms with Gasteiger partial charge in [-0.3, -0.25) is 9.69 Å². The van der Waals surface area contributed by atoms with Gasteiger partial charge >= 0.3 is 5.97 Å². The molecule has 1 atom stereocenters. The van der Waals surface area contributed by atoms with Crippen molar-refractivity contribution in [2.45, 2.75) is 45.1 Å². The number of carbonyl (C=O) groups excluding carboxylic acids is 1. The zero-order valence-corrected chi connectivity index (χ0v) is 12.4. The minimum Gasteiger partial charge on any atom is -0.466 e. The van der Waals surface area contributed by atoms with E-state index in [9.17, 15) is 4.79 Å². The molecule has 0 amide bonds. The second-order valence-electron chi connectivity index (χ2n) is 5.45. The van der Waals surface area contributed by atoms with Crippen LogP contribution in [0.1, 0.15) is 50.6 Å². The first-order valence-electron chi connectivity index (χ1n) is 7.76. The van der Waals surface area contributed by atoms with Crippen LogP contribution in [0.2, 0.25) is 0 Å². The van der Waals surface area contributed by atoms with Crippen LogP contribution in [0.3, 0.4) is 0 Å². The van der Waals surface area contributed by atoms with Crippen molar-refractivity contribution in [3.63, 3.8) is 0 Å². The highest BCUT2D eigenvalue weighted by Crippen LogP contribution is 2.27. The Balaban J connectivity index is 2.05. The molecule has 0 spiro atoms. The SMILES string of the molecule is CCCOC(=O)C[C@@H](c1ccccc1)N1CCCCC1. The van der Waals surface area contributed by atoms with Crippen molar-refractivity contribution in [3.8, 4) is 0 Å². The summed E-state index contributed by atoms with van der Waals surface area (Å²) in [6, 6.07) is 10.5. The number of hydrogen-bond donors (Lipinski definition) is 0. The molecule has 0 aliphatic carbocycles. The molecular formula is C17H25NO2. The van der Waals surface area contributed by atoms with Gasteiger partial charge in [0.15, 0.2) is 0 Å². The van der Waals surface area contributed by atoms with Crippen LogP contribution in [0.25, 0.3) is 0 Å². The summed E-state index contributed by atoms with van der Waals surface area (Å²) < 4.78 is 5.27. The summed E-state index contributed by atoms with van der Waals surface area (Å²) in [7, 11) is 0. The zero-order valence-electron chi connectivity index (χ0n) is 12.4. The van der Waals surface area contributed by atoms with E-state index in [1.807, 2.05) is 25.1 Å². The number of esters is 1. The molecule has 2 rings (SSSR count). The summed E-state index contributed by atoms with van der Waals surface area (Å²) in [6.45, 7) is 4.72. The van der Waals surface area contributed by atoms with Crippen LogP contribution in [0.15, 0.2) is 30.3 Å². The quantitative estimate of drug-likeness (QED) is 0.743. The molecule has 3 heteroatoms. The molecule has 0 aromatic heterocycles. The van der Waals surface area contributed by atoms with Crippen LogP contribution in [0.5, 0.6) is 0 Å². The van der Waals surface area contributed by atoms with Crippen molar-refractivity contribution >= 4 is 5.97 Å². The third-order valence-corrected chi connectivity index (χ3v) is 3.84. The molecule has 110 valence electrons. The number of piperidine rings is 1. The van der Waals surface area contributed by atoms with E-state index in [0.717, 1.165) is 19.5 Å².